The van der Waals surface area contributed by atoms with Gasteiger partial charge in [-0.2, -0.15) is 0 Å². The van der Waals surface area contributed by atoms with Gasteiger partial charge in [-0.15, -0.1) is 0 Å². The smallest absolute Gasteiger partial charge is 0.141 e. The van der Waals surface area contributed by atoms with Gasteiger partial charge in [0.05, 0.1) is 4.83 Å². The van der Waals surface area contributed by atoms with Gasteiger partial charge in [-0.3, -0.25) is 0 Å². The number of aryl methyl sites for hydroxylation is 1. The molecule has 0 spiro atoms. The fourth-order valence-electron chi connectivity index (χ4n) is 2.35. The van der Waals surface area contributed by atoms with E-state index in [1.54, 1.807) is 0 Å². The van der Waals surface area contributed by atoms with Crippen LogP contribution in [0.3, 0.4) is 0 Å². The normalized spacial score (nSPS) is 14.3. The van der Waals surface area contributed by atoms with E-state index in [1.165, 1.54) is 0 Å². The minimum absolute atomic E-state index is 0.0724. The second-order valence-corrected chi connectivity index (χ2v) is 7.11. The highest BCUT2D eigenvalue weighted by atomic mass is 79.9. The summed E-state index contributed by atoms with van der Waals surface area (Å²) in [4.78, 5) is -0.0824. The maximum Gasteiger partial charge on any atom is 0.141 e. The van der Waals surface area contributed by atoms with Crippen molar-refractivity contribution >= 4 is 27.5 Å². The maximum atomic E-state index is 10.4. The molecule has 0 aliphatic carbocycles. The molecule has 0 saturated carbocycles. The van der Waals surface area contributed by atoms with Crippen molar-refractivity contribution in [3.8, 4) is 0 Å². The van der Waals surface area contributed by atoms with Crippen LogP contribution in [0, 0.1) is 5.92 Å². The van der Waals surface area contributed by atoms with Crippen molar-refractivity contribution in [3.63, 3.8) is 0 Å². The van der Waals surface area contributed by atoms with Gasteiger partial charge in [-0.1, -0.05) is 65.6 Å². The summed E-state index contributed by atoms with van der Waals surface area (Å²) in [6.45, 7) is 6.03. The van der Waals surface area contributed by atoms with E-state index in [0.29, 0.717) is 10.7 Å². The van der Waals surface area contributed by atoms with E-state index in [-0.39, 0.29) is 10.7 Å². The van der Waals surface area contributed by atoms with Crippen LogP contribution in [0.2, 0.25) is 5.02 Å². The molecule has 1 aromatic carbocycles. The third-order valence-electron chi connectivity index (χ3n) is 3.64. The number of hydrogen-bond donors (Lipinski definition) is 1. The second-order valence-electron chi connectivity index (χ2n) is 5.76. The fourth-order valence-corrected chi connectivity index (χ4v) is 3.27. The number of halogens is 2. The molecule has 1 heterocycles. The molecule has 22 heavy (non-hydrogen) atoms. The first kappa shape index (κ1) is 17.5. The Bertz CT molecular complexity index is 610. The number of nitrogens with zero attached hydrogens (tertiary/aromatic N) is 1. The fraction of sp³-hybridized carbons (Fsp3) is 0.471. The largest absolute Gasteiger partial charge is 0.386 e. The van der Waals surface area contributed by atoms with Crippen molar-refractivity contribution in [3.05, 3.63) is 51.9 Å². The molecule has 2 unspecified atom stereocenters. The van der Waals surface area contributed by atoms with Crippen LogP contribution >= 0.6 is 27.5 Å². The number of hydrogen-bond acceptors (Lipinski definition) is 3. The minimum Gasteiger partial charge on any atom is -0.386 e. The lowest BCUT2D eigenvalue weighted by molar-refractivity contribution is 0.117. The Hall–Kier alpha value is -0.840. The minimum atomic E-state index is -0.642. The zero-order valence-corrected chi connectivity index (χ0v) is 15.4. The summed E-state index contributed by atoms with van der Waals surface area (Å²) < 4.78 is 5.51. The molecule has 0 aliphatic rings. The summed E-state index contributed by atoms with van der Waals surface area (Å²) in [6.07, 6.45) is 1.11. The lowest BCUT2D eigenvalue weighted by Gasteiger charge is -2.17. The van der Waals surface area contributed by atoms with E-state index in [9.17, 15) is 5.11 Å². The van der Waals surface area contributed by atoms with E-state index < -0.39 is 6.10 Å². The zero-order chi connectivity index (χ0) is 16.3. The monoisotopic (exact) mass is 385 g/mol. The first-order chi connectivity index (χ1) is 10.5. The Labute approximate surface area is 144 Å². The van der Waals surface area contributed by atoms with Crippen molar-refractivity contribution in [2.24, 2.45) is 5.92 Å². The van der Waals surface area contributed by atoms with Gasteiger partial charge in [0.1, 0.15) is 17.6 Å². The van der Waals surface area contributed by atoms with Crippen molar-refractivity contribution < 1.29 is 9.63 Å². The van der Waals surface area contributed by atoms with Crippen LogP contribution in [0.5, 0.6) is 0 Å². The Morgan fingerprint density at radius 1 is 1.27 bits per heavy atom. The van der Waals surface area contributed by atoms with Crippen molar-refractivity contribution in [1.29, 1.82) is 0 Å². The van der Waals surface area contributed by atoms with Crippen LogP contribution < -0.4 is 0 Å². The Kier molecular flexibility index (Phi) is 6.07. The third kappa shape index (κ3) is 3.73. The number of rotatable bonds is 6. The van der Waals surface area contributed by atoms with E-state index in [4.69, 9.17) is 16.1 Å². The molecule has 2 aromatic rings. The highest BCUT2D eigenvalue weighted by Crippen LogP contribution is 2.39. The first-order valence-electron chi connectivity index (χ1n) is 7.51. The molecule has 120 valence electrons. The Balaban J connectivity index is 2.45. The van der Waals surface area contributed by atoms with Gasteiger partial charge in [0.25, 0.3) is 0 Å². The SMILES string of the molecule is CCCc1onc(C(O)C(C)C)c1C(Br)c1ccc(Cl)cc1. The molecule has 0 saturated heterocycles. The van der Waals surface area contributed by atoms with Gasteiger partial charge >= 0.3 is 0 Å². The molecule has 0 bridgehead atoms. The number of alkyl halides is 1. The number of benzene rings is 1. The van der Waals surface area contributed by atoms with Crippen molar-refractivity contribution in [1.82, 2.24) is 5.16 Å². The van der Waals surface area contributed by atoms with Gasteiger partial charge in [0, 0.05) is 17.0 Å². The van der Waals surface area contributed by atoms with Crippen LogP contribution in [0.25, 0.3) is 0 Å². The van der Waals surface area contributed by atoms with Crippen LogP contribution in [0.1, 0.15) is 60.7 Å². The highest BCUT2D eigenvalue weighted by molar-refractivity contribution is 9.09. The lowest BCUT2D eigenvalue weighted by atomic mass is 9.95. The predicted molar refractivity (Wildman–Crippen MR) is 92.5 cm³/mol. The topological polar surface area (TPSA) is 46.3 Å². The van der Waals surface area contributed by atoms with Gasteiger partial charge in [-0.25, -0.2) is 0 Å². The number of aliphatic hydroxyl groups excluding tert-OH is 1. The summed E-state index contributed by atoms with van der Waals surface area (Å²) in [6, 6.07) is 7.65. The molecule has 0 amide bonds. The first-order valence-corrected chi connectivity index (χ1v) is 8.81. The van der Waals surface area contributed by atoms with E-state index in [1.807, 2.05) is 38.1 Å². The maximum absolute atomic E-state index is 10.4. The summed E-state index contributed by atoms with van der Waals surface area (Å²) in [5, 5.41) is 15.3. The standard InChI is InChI=1S/C17H21BrClNO2/c1-4-5-13-14(16(20-22-13)17(21)10(2)3)15(18)11-6-8-12(19)9-7-11/h6-10,15,17,21H,4-5H2,1-3H3. The molecule has 2 atom stereocenters. The van der Waals surface area contributed by atoms with Crippen LogP contribution in [0.15, 0.2) is 28.8 Å². The Morgan fingerprint density at radius 3 is 2.45 bits per heavy atom. The predicted octanol–water partition coefficient (Wildman–Crippen LogP) is 5.45. The van der Waals surface area contributed by atoms with Crippen molar-refractivity contribution in [2.45, 2.75) is 44.5 Å². The van der Waals surface area contributed by atoms with Gasteiger partial charge in [0.2, 0.25) is 0 Å². The van der Waals surface area contributed by atoms with Crippen LogP contribution in [-0.2, 0) is 6.42 Å². The average molecular weight is 387 g/mol. The summed E-state index contributed by atoms with van der Waals surface area (Å²) in [5.74, 6) is 0.900. The number of aliphatic hydroxyl groups is 1. The molecule has 3 nitrogen and oxygen atoms in total. The van der Waals surface area contributed by atoms with Gasteiger partial charge < -0.3 is 9.63 Å². The zero-order valence-electron chi connectivity index (χ0n) is 13.0. The van der Waals surface area contributed by atoms with E-state index >= 15 is 0 Å². The quantitative estimate of drug-likeness (QED) is 0.671. The lowest BCUT2D eigenvalue weighted by Crippen LogP contribution is -2.10. The molecule has 1 aromatic heterocycles. The molecule has 5 heteroatoms. The Morgan fingerprint density at radius 2 is 1.91 bits per heavy atom. The summed E-state index contributed by atoms with van der Waals surface area (Å²) in [7, 11) is 0. The molecular weight excluding hydrogens is 366 g/mol. The third-order valence-corrected chi connectivity index (χ3v) is 4.87. The molecule has 0 radical (unpaired) electrons. The summed E-state index contributed by atoms with van der Waals surface area (Å²) in [5.41, 5.74) is 2.61. The molecule has 0 aliphatic heterocycles. The highest BCUT2D eigenvalue weighted by Gasteiger charge is 2.28. The van der Waals surface area contributed by atoms with E-state index in [2.05, 4.69) is 28.0 Å². The molecular formula is C17H21BrClNO2. The molecule has 0 fully saturated rings. The number of aromatic nitrogens is 1. The van der Waals surface area contributed by atoms with Gasteiger partial charge in [-0.05, 0) is 30.0 Å². The van der Waals surface area contributed by atoms with E-state index in [0.717, 1.165) is 29.7 Å². The van der Waals surface area contributed by atoms with Gasteiger partial charge in [0.15, 0.2) is 0 Å². The summed E-state index contributed by atoms with van der Waals surface area (Å²) >= 11 is 9.69. The average Bonchev–Trinajstić information content (AvgIpc) is 2.90. The van der Waals surface area contributed by atoms with Crippen LogP contribution in [-0.4, -0.2) is 10.3 Å². The van der Waals surface area contributed by atoms with Crippen molar-refractivity contribution in [2.75, 3.05) is 0 Å². The second kappa shape index (κ2) is 7.62. The molecule has 2 rings (SSSR count). The molecule has 1 N–H and O–H groups in total. The van der Waals surface area contributed by atoms with Crippen LogP contribution in [0.4, 0.5) is 0 Å².